The molecule has 1 fully saturated rings. The maximum atomic E-state index is 12.7. The van der Waals surface area contributed by atoms with Crippen LogP contribution in [0, 0.1) is 0 Å². The van der Waals surface area contributed by atoms with Crippen molar-refractivity contribution in [3.8, 4) is 5.75 Å². The summed E-state index contributed by atoms with van der Waals surface area (Å²) in [5.74, 6) is 0.0704. The summed E-state index contributed by atoms with van der Waals surface area (Å²) in [5, 5.41) is 2.70. The minimum absolute atomic E-state index is 0.0107. The number of pyridine rings is 1. The van der Waals surface area contributed by atoms with Gasteiger partial charge in [0.05, 0.1) is 17.2 Å². The number of hydrogen-bond donors (Lipinski definition) is 1. The highest BCUT2D eigenvalue weighted by Gasteiger charge is 2.27. The van der Waals surface area contributed by atoms with Gasteiger partial charge in [0.2, 0.25) is 15.9 Å². The Bertz CT molecular complexity index is 1010. The smallest absolute Gasteiger partial charge is 0.251 e. The predicted octanol–water partition coefficient (Wildman–Crippen LogP) is 1.67. The van der Waals surface area contributed by atoms with Gasteiger partial charge in [-0.2, -0.15) is 4.31 Å². The highest BCUT2D eigenvalue weighted by Crippen LogP contribution is 2.24. The van der Waals surface area contributed by atoms with E-state index in [4.69, 9.17) is 4.74 Å². The molecule has 0 atom stereocenters. The molecule has 0 bridgehead atoms. The Labute approximate surface area is 163 Å². The van der Waals surface area contributed by atoms with E-state index in [2.05, 4.69) is 5.32 Å². The Morgan fingerprint density at radius 1 is 1.14 bits per heavy atom. The van der Waals surface area contributed by atoms with E-state index in [-0.39, 0.29) is 11.4 Å². The number of ether oxygens (including phenoxy) is 1. The molecule has 1 aromatic heterocycles. The van der Waals surface area contributed by atoms with Gasteiger partial charge in [-0.3, -0.25) is 9.59 Å². The lowest BCUT2D eigenvalue weighted by Gasteiger charge is -2.16. The van der Waals surface area contributed by atoms with Gasteiger partial charge in [-0.25, -0.2) is 8.42 Å². The number of carbonyl (C=O) groups is 1. The van der Waals surface area contributed by atoms with Crippen molar-refractivity contribution in [2.24, 2.45) is 0 Å². The molecule has 150 valence electrons. The summed E-state index contributed by atoms with van der Waals surface area (Å²) < 4.78 is 33.3. The molecule has 0 spiro atoms. The lowest BCUT2D eigenvalue weighted by Crippen LogP contribution is -2.31. The SMILES string of the molecule is CCOc1ccccc1NC(=O)Cn1cc(S(=O)(=O)N2CCCC2)ccc1=O. The van der Waals surface area contributed by atoms with E-state index in [1.54, 1.807) is 24.3 Å². The van der Waals surface area contributed by atoms with E-state index in [9.17, 15) is 18.0 Å². The third kappa shape index (κ3) is 4.42. The predicted molar refractivity (Wildman–Crippen MR) is 105 cm³/mol. The van der Waals surface area contributed by atoms with Crippen LogP contribution >= 0.6 is 0 Å². The van der Waals surface area contributed by atoms with Crippen LogP contribution in [-0.4, -0.2) is 42.9 Å². The largest absolute Gasteiger partial charge is 0.492 e. The summed E-state index contributed by atoms with van der Waals surface area (Å²) in [6.45, 7) is 2.92. The number of aromatic nitrogens is 1. The van der Waals surface area contributed by atoms with E-state index in [0.29, 0.717) is 31.1 Å². The molecule has 2 heterocycles. The number of para-hydroxylation sites is 2. The molecular formula is C19H23N3O5S. The first kappa shape index (κ1) is 20.1. The van der Waals surface area contributed by atoms with Gasteiger partial charge >= 0.3 is 0 Å². The second-order valence-corrected chi connectivity index (χ2v) is 8.36. The molecule has 1 aliphatic rings. The number of nitrogens with one attached hydrogen (secondary N) is 1. The van der Waals surface area contributed by atoms with Crippen molar-refractivity contribution in [1.29, 1.82) is 0 Å². The van der Waals surface area contributed by atoms with E-state index >= 15 is 0 Å². The monoisotopic (exact) mass is 405 g/mol. The number of sulfonamides is 1. The number of carbonyl (C=O) groups excluding carboxylic acids is 1. The van der Waals surface area contributed by atoms with Gasteiger partial charge in [-0.05, 0) is 38.0 Å². The topological polar surface area (TPSA) is 97.7 Å². The second-order valence-electron chi connectivity index (χ2n) is 6.42. The number of hydrogen-bond acceptors (Lipinski definition) is 5. The fraction of sp³-hybridized carbons (Fsp3) is 0.368. The van der Waals surface area contributed by atoms with Gasteiger partial charge in [0, 0.05) is 25.4 Å². The molecule has 1 saturated heterocycles. The maximum absolute atomic E-state index is 12.7. The fourth-order valence-electron chi connectivity index (χ4n) is 3.06. The van der Waals surface area contributed by atoms with Crippen molar-refractivity contribution in [2.45, 2.75) is 31.2 Å². The van der Waals surface area contributed by atoms with Gasteiger partial charge < -0.3 is 14.6 Å². The van der Waals surface area contributed by atoms with E-state index in [1.165, 1.54) is 22.6 Å². The summed E-state index contributed by atoms with van der Waals surface area (Å²) >= 11 is 0. The Morgan fingerprint density at radius 2 is 1.86 bits per heavy atom. The van der Waals surface area contributed by atoms with E-state index < -0.39 is 21.5 Å². The molecule has 28 heavy (non-hydrogen) atoms. The summed E-state index contributed by atoms with van der Waals surface area (Å²) in [4.78, 5) is 24.6. The molecule has 0 unspecified atom stereocenters. The van der Waals surface area contributed by atoms with Crippen LogP contribution in [0.2, 0.25) is 0 Å². The lowest BCUT2D eigenvalue weighted by atomic mass is 10.3. The molecule has 3 rings (SSSR count). The van der Waals surface area contributed by atoms with Gasteiger partial charge in [-0.1, -0.05) is 12.1 Å². The third-order valence-corrected chi connectivity index (χ3v) is 6.32. The molecule has 0 aliphatic carbocycles. The van der Waals surface area contributed by atoms with Crippen LogP contribution in [0.15, 0.2) is 52.3 Å². The molecule has 9 heteroatoms. The van der Waals surface area contributed by atoms with Crippen molar-refractivity contribution in [3.63, 3.8) is 0 Å². The Morgan fingerprint density at radius 3 is 2.57 bits per heavy atom. The number of amides is 1. The minimum Gasteiger partial charge on any atom is -0.492 e. The zero-order valence-corrected chi connectivity index (χ0v) is 16.4. The quantitative estimate of drug-likeness (QED) is 0.756. The van der Waals surface area contributed by atoms with Gasteiger partial charge in [0.25, 0.3) is 5.56 Å². The summed E-state index contributed by atoms with van der Waals surface area (Å²) in [6.07, 6.45) is 2.87. The van der Waals surface area contributed by atoms with Crippen molar-refractivity contribution < 1.29 is 17.9 Å². The number of rotatable bonds is 7. The maximum Gasteiger partial charge on any atom is 0.251 e. The summed E-state index contributed by atoms with van der Waals surface area (Å²) in [7, 11) is -3.66. The zero-order valence-electron chi connectivity index (χ0n) is 15.6. The normalized spacial score (nSPS) is 14.8. The highest BCUT2D eigenvalue weighted by molar-refractivity contribution is 7.89. The molecule has 1 amide bonds. The molecule has 2 aromatic rings. The first-order chi connectivity index (χ1) is 13.4. The Balaban J connectivity index is 1.79. The number of nitrogens with zero attached hydrogens (tertiary/aromatic N) is 2. The van der Waals surface area contributed by atoms with E-state index in [1.807, 2.05) is 6.92 Å². The molecule has 8 nitrogen and oxygen atoms in total. The molecule has 0 saturated carbocycles. The molecule has 1 N–H and O–H groups in total. The van der Waals surface area contributed by atoms with Crippen LogP contribution in [0.4, 0.5) is 5.69 Å². The van der Waals surface area contributed by atoms with Crippen LogP contribution in [0.25, 0.3) is 0 Å². The highest BCUT2D eigenvalue weighted by atomic mass is 32.2. The first-order valence-corrected chi connectivity index (χ1v) is 10.6. The Kier molecular flexibility index (Phi) is 6.15. The van der Waals surface area contributed by atoms with Gasteiger partial charge in [0.15, 0.2) is 0 Å². The molecule has 1 aromatic carbocycles. The zero-order chi connectivity index (χ0) is 20.1. The standard InChI is InChI=1S/C19H23N3O5S/c1-2-27-17-8-4-3-7-16(17)20-18(23)14-21-13-15(9-10-19(21)24)28(25,26)22-11-5-6-12-22/h3-4,7-10,13H,2,5-6,11-12,14H2,1H3,(H,20,23). The Hall–Kier alpha value is -2.65. The van der Waals surface area contributed by atoms with Crippen molar-refractivity contribution in [1.82, 2.24) is 8.87 Å². The summed E-state index contributed by atoms with van der Waals surface area (Å²) in [5.41, 5.74) is 0.0388. The van der Waals surface area contributed by atoms with E-state index in [0.717, 1.165) is 17.4 Å². The first-order valence-electron chi connectivity index (χ1n) is 9.14. The van der Waals surface area contributed by atoms with Crippen molar-refractivity contribution in [2.75, 3.05) is 25.0 Å². The van der Waals surface area contributed by atoms with Crippen LogP contribution in [0.5, 0.6) is 5.75 Å². The molecule has 0 radical (unpaired) electrons. The minimum atomic E-state index is -3.66. The van der Waals surface area contributed by atoms with Gasteiger partial charge in [0.1, 0.15) is 12.3 Å². The van der Waals surface area contributed by atoms with Crippen molar-refractivity contribution >= 4 is 21.6 Å². The lowest BCUT2D eigenvalue weighted by molar-refractivity contribution is -0.116. The second kappa shape index (κ2) is 8.57. The average Bonchev–Trinajstić information content (AvgIpc) is 3.21. The average molecular weight is 405 g/mol. The van der Waals surface area contributed by atoms with Crippen LogP contribution in [0.1, 0.15) is 19.8 Å². The number of anilines is 1. The van der Waals surface area contributed by atoms with Crippen LogP contribution < -0.4 is 15.6 Å². The van der Waals surface area contributed by atoms with Crippen LogP contribution in [0.3, 0.4) is 0 Å². The molecular weight excluding hydrogens is 382 g/mol. The third-order valence-electron chi connectivity index (χ3n) is 4.43. The fourth-order valence-corrected chi connectivity index (χ4v) is 4.60. The van der Waals surface area contributed by atoms with Gasteiger partial charge in [-0.15, -0.1) is 0 Å². The van der Waals surface area contributed by atoms with Crippen molar-refractivity contribution in [3.05, 3.63) is 52.9 Å². The molecule has 1 aliphatic heterocycles. The van der Waals surface area contributed by atoms with Crippen LogP contribution in [-0.2, 0) is 21.4 Å². The summed E-state index contributed by atoms with van der Waals surface area (Å²) in [6, 6.07) is 9.43. The number of benzene rings is 1.